The van der Waals surface area contributed by atoms with E-state index in [-0.39, 0.29) is 5.54 Å². The van der Waals surface area contributed by atoms with Crippen LogP contribution < -0.4 is 5.32 Å². The van der Waals surface area contributed by atoms with Crippen LogP contribution in [0.3, 0.4) is 0 Å². The summed E-state index contributed by atoms with van der Waals surface area (Å²) in [7, 11) is 0. The predicted molar refractivity (Wildman–Crippen MR) is 70.1 cm³/mol. The standard InChI is InChI=1S/C14H27F2NO/c1-11-6-5-7-14(8-11,18-9-12(15)16)10-17-13(2,3)4/h11-12,17H,5-10H2,1-4H3. The summed E-state index contributed by atoms with van der Waals surface area (Å²) in [6, 6.07) is 0. The second-order valence-corrected chi connectivity index (χ2v) is 6.69. The third kappa shape index (κ3) is 5.61. The minimum absolute atomic E-state index is 0.0120. The Morgan fingerprint density at radius 2 is 2.06 bits per heavy atom. The number of hydrogen-bond donors (Lipinski definition) is 1. The molecule has 0 aromatic heterocycles. The summed E-state index contributed by atoms with van der Waals surface area (Å²) in [6.45, 7) is 8.64. The highest BCUT2D eigenvalue weighted by Gasteiger charge is 2.37. The Balaban J connectivity index is 2.61. The first-order valence-corrected chi connectivity index (χ1v) is 6.90. The Hall–Kier alpha value is -0.220. The van der Waals surface area contributed by atoms with Crippen LogP contribution in [0.2, 0.25) is 0 Å². The van der Waals surface area contributed by atoms with E-state index in [1.807, 2.05) is 0 Å². The normalized spacial score (nSPS) is 29.8. The number of alkyl halides is 2. The molecule has 1 rings (SSSR count). The van der Waals surface area contributed by atoms with Gasteiger partial charge in [0.25, 0.3) is 6.43 Å². The lowest BCUT2D eigenvalue weighted by Crippen LogP contribution is -2.51. The fourth-order valence-electron chi connectivity index (χ4n) is 2.62. The van der Waals surface area contributed by atoms with Crippen LogP contribution in [0.5, 0.6) is 0 Å². The van der Waals surface area contributed by atoms with Crippen molar-refractivity contribution in [3.63, 3.8) is 0 Å². The molecule has 0 aromatic carbocycles. The van der Waals surface area contributed by atoms with Gasteiger partial charge in [0.1, 0.15) is 6.61 Å². The maximum atomic E-state index is 12.4. The highest BCUT2D eigenvalue weighted by molar-refractivity contribution is 4.91. The quantitative estimate of drug-likeness (QED) is 0.818. The molecule has 2 atom stereocenters. The Labute approximate surface area is 109 Å². The number of rotatable bonds is 5. The van der Waals surface area contributed by atoms with Crippen LogP contribution in [0, 0.1) is 5.92 Å². The molecule has 18 heavy (non-hydrogen) atoms. The van der Waals surface area contributed by atoms with Gasteiger partial charge in [0.2, 0.25) is 0 Å². The largest absolute Gasteiger partial charge is 0.368 e. The highest BCUT2D eigenvalue weighted by Crippen LogP contribution is 2.35. The Kier molecular flexibility index (Phi) is 5.53. The molecule has 0 spiro atoms. The summed E-state index contributed by atoms with van der Waals surface area (Å²) >= 11 is 0. The van der Waals surface area contributed by atoms with Crippen molar-refractivity contribution in [2.45, 2.75) is 70.9 Å². The Morgan fingerprint density at radius 3 is 2.56 bits per heavy atom. The van der Waals surface area contributed by atoms with E-state index < -0.39 is 18.6 Å². The second-order valence-electron chi connectivity index (χ2n) is 6.69. The average Bonchev–Trinajstić information content (AvgIpc) is 2.23. The topological polar surface area (TPSA) is 21.3 Å². The van der Waals surface area contributed by atoms with Crippen molar-refractivity contribution < 1.29 is 13.5 Å². The van der Waals surface area contributed by atoms with Crippen molar-refractivity contribution in [2.24, 2.45) is 5.92 Å². The molecular formula is C14H27F2NO. The molecule has 0 bridgehead atoms. The highest BCUT2D eigenvalue weighted by atomic mass is 19.3. The van der Waals surface area contributed by atoms with Gasteiger partial charge in [0.05, 0.1) is 5.60 Å². The van der Waals surface area contributed by atoms with Crippen LogP contribution >= 0.6 is 0 Å². The zero-order valence-electron chi connectivity index (χ0n) is 12.1. The van der Waals surface area contributed by atoms with Crippen molar-refractivity contribution in [1.82, 2.24) is 5.32 Å². The van der Waals surface area contributed by atoms with Gasteiger partial charge in [-0.3, -0.25) is 0 Å². The monoisotopic (exact) mass is 263 g/mol. The van der Waals surface area contributed by atoms with E-state index in [0.29, 0.717) is 12.5 Å². The van der Waals surface area contributed by atoms with Gasteiger partial charge in [0, 0.05) is 12.1 Å². The van der Waals surface area contributed by atoms with Crippen molar-refractivity contribution >= 4 is 0 Å². The first-order valence-electron chi connectivity index (χ1n) is 6.90. The lowest BCUT2D eigenvalue weighted by atomic mass is 9.78. The maximum Gasteiger partial charge on any atom is 0.261 e. The molecule has 4 heteroatoms. The molecule has 0 heterocycles. The van der Waals surface area contributed by atoms with Crippen LogP contribution in [0.1, 0.15) is 53.4 Å². The molecule has 0 saturated heterocycles. The first-order chi connectivity index (χ1) is 8.22. The summed E-state index contributed by atoms with van der Waals surface area (Å²) in [4.78, 5) is 0. The second kappa shape index (κ2) is 6.29. The van der Waals surface area contributed by atoms with E-state index in [4.69, 9.17) is 4.74 Å². The van der Waals surface area contributed by atoms with E-state index in [1.54, 1.807) is 0 Å². The molecule has 1 fully saturated rings. The molecule has 2 unspecified atom stereocenters. The van der Waals surface area contributed by atoms with Crippen molar-refractivity contribution in [3.05, 3.63) is 0 Å². The summed E-state index contributed by atoms with van der Waals surface area (Å²) in [5.74, 6) is 0.554. The van der Waals surface area contributed by atoms with Crippen LogP contribution in [-0.2, 0) is 4.74 Å². The fraction of sp³-hybridized carbons (Fsp3) is 1.00. The van der Waals surface area contributed by atoms with Gasteiger partial charge in [0.15, 0.2) is 0 Å². The van der Waals surface area contributed by atoms with Crippen LogP contribution in [-0.4, -0.2) is 30.7 Å². The maximum absolute atomic E-state index is 12.4. The number of ether oxygens (including phenoxy) is 1. The van der Waals surface area contributed by atoms with E-state index in [1.165, 1.54) is 6.42 Å². The lowest BCUT2D eigenvalue weighted by Gasteiger charge is -2.41. The van der Waals surface area contributed by atoms with Gasteiger partial charge in [-0.25, -0.2) is 8.78 Å². The molecule has 0 radical (unpaired) electrons. The van der Waals surface area contributed by atoms with Gasteiger partial charge in [-0.15, -0.1) is 0 Å². The molecule has 0 amide bonds. The third-order valence-electron chi connectivity index (χ3n) is 3.51. The van der Waals surface area contributed by atoms with Crippen LogP contribution in [0.15, 0.2) is 0 Å². The lowest BCUT2D eigenvalue weighted by molar-refractivity contribution is -0.115. The fourth-order valence-corrected chi connectivity index (χ4v) is 2.62. The van der Waals surface area contributed by atoms with Crippen molar-refractivity contribution in [2.75, 3.05) is 13.2 Å². The van der Waals surface area contributed by atoms with Gasteiger partial charge < -0.3 is 10.1 Å². The number of nitrogens with one attached hydrogen (secondary N) is 1. The van der Waals surface area contributed by atoms with Crippen molar-refractivity contribution in [3.8, 4) is 0 Å². The summed E-state index contributed by atoms with van der Waals surface area (Å²) in [5.41, 5.74) is -0.413. The Bertz CT molecular complexity index is 253. The molecular weight excluding hydrogens is 236 g/mol. The van der Waals surface area contributed by atoms with E-state index >= 15 is 0 Å². The van der Waals surface area contributed by atoms with E-state index in [9.17, 15) is 8.78 Å². The van der Waals surface area contributed by atoms with Gasteiger partial charge in [-0.2, -0.15) is 0 Å². The van der Waals surface area contributed by atoms with Gasteiger partial charge >= 0.3 is 0 Å². The summed E-state index contributed by atoms with van der Waals surface area (Å²) in [6.07, 6.45) is 1.62. The minimum atomic E-state index is -2.38. The first kappa shape index (κ1) is 15.8. The molecule has 1 N–H and O–H groups in total. The smallest absolute Gasteiger partial charge is 0.261 e. The molecule has 108 valence electrons. The molecule has 1 saturated carbocycles. The summed E-state index contributed by atoms with van der Waals surface area (Å²) < 4.78 is 30.4. The predicted octanol–water partition coefficient (Wildman–Crippen LogP) is 3.61. The zero-order chi connectivity index (χ0) is 13.8. The zero-order valence-corrected chi connectivity index (χ0v) is 12.1. The third-order valence-corrected chi connectivity index (χ3v) is 3.51. The SMILES string of the molecule is CC1CCCC(CNC(C)(C)C)(OCC(F)F)C1. The van der Waals surface area contributed by atoms with Crippen molar-refractivity contribution in [1.29, 1.82) is 0 Å². The molecule has 2 nitrogen and oxygen atoms in total. The number of hydrogen-bond acceptors (Lipinski definition) is 2. The molecule has 1 aliphatic carbocycles. The van der Waals surface area contributed by atoms with E-state index in [2.05, 4.69) is 33.0 Å². The van der Waals surface area contributed by atoms with Crippen LogP contribution in [0.25, 0.3) is 0 Å². The molecule has 0 aliphatic heterocycles. The van der Waals surface area contributed by atoms with Gasteiger partial charge in [-0.05, 0) is 39.5 Å². The van der Waals surface area contributed by atoms with Gasteiger partial charge in [-0.1, -0.05) is 19.8 Å². The minimum Gasteiger partial charge on any atom is -0.368 e. The summed E-state index contributed by atoms with van der Waals surface area (Å²) in [5, 5.41) is 3.41. The molecule has 0 aromatic rings. The Morgan fingerprint density at radius 1 is 1.39 bits per heavy atom. The van der Waals surface area contributed by atoms with E-state index in [0.717, 1.165) is 19.3 Å². The molecule has 1 aliphatic rings. The van der Waals surface area contributed by atoms with Crippen LogP contribution in [0.4, 0.5) is 8.78 Å². The average molecular weight is 263 g/mol. The number of halogens is 2.